The van der Waals surface area contributed by atoms with E-state index in [-0.39, 0.29) is 17.6 Å². The van der Waals surface area contributed by atoms with Gasteiger partial charge < -0.3 is 15.4 Å². The van der Waals surface area contributed by atoms with Gasteiger partial charge in [-0.3, -0.25) is 9.59 Å². The third-order valence-electron chi connectivity index (χ3n) is 3.49. The molecule has 0 unspecified atom stereocenters. The minimum atomic E-state index is -0.265. The van der Waals surface area contributed by atoms with Crippen molar-refractivity contribution in [2.75, 3.05) is 31.3 Å². The van der Waals surface area contributed by atoms with Crippen molar-refractivity contribution in [1.29, 1.82) is 0 Å². The van der Waals surface area contributed by atoms with E-state index < -0.39 is 0 Å². The summed E-state index contributed by atoms with van der Waals surface area (Å²) < 4.78 is 4.89. The van der Waals surface area contributed by atoms with Crippen molar-refractivity contribution in [2.45, 2.75) is 11.8 Å². The van der Waals surface area contributed by atoms with Gasteiger partial charge in [-0.1, -0.05) is 29.8 Å². The predicted octanol–water partition coefficient (Wildman–Crippen LogP) is 3.76. The summed E-state index contributed by atoms with van der Waals surface area (Å²) in [6.07, 6.45) is 0. The second-order valence-electron chi connectivity index (χ2n) is 5.57. The van der Waals surface area contributed by atoms with Gasteiger partial charge >= 0.3 is 0 Å². The number of amides is 2. The van der Waals surface area contributed by atoms with Crippen LogP contribution < -0.4 is 10.6 Å². The zero-order valence-corrected chi connectivity index (χ0v) is 16.2. The number of halogens is 1. The average Bonchev–Trinajstić information content (AvgIpc) is 2.62. The van der Waals surface area contributed by atoms with Crippen LogP contribution >= 0.6 is 23.4 Å². The SMILES string of the molecule is COCCNC(=O)CSc1ccccc1C(=O)Nc1ccc(C)cc1Cl. The number of anilines is 1. The van der Waals surface area contributed by atoms with Crippen LogP contribution in [0.4, 0.5) is 5.69 Å². The molecule has 0 bridgehead atoms. The molecule has 2 aromatic rings. The summed E-state index contributed by atoms with van der Waals surface area (Å²) in [5.41, 5.74) is 2.07. The molecule has 0 aliphatic carbocycles. The molecule has 7 heteroatoms. The number of thioether (sulfide) groups is 1. The number of nitrogens with one attached hydrogen (secondary N) is 2. The lowest BCUT2D eigenvalue weighted by Crippen LogP contribution is -2.28. The highest BCUT2D eigenvalue weighted by Gasteiger charge is 2.14. The Morgan fingerprint density at radius 2 is 1.96 bits per heavy atom. The van der Waals surface area contributed by atoms with Crippen LogP contribution in [0.1, 0.15) is 15.9 Å². The highest BCUT2D eigenvalue weighted by atomic mass is 35.5. The molecule has 138 valence electrons. The van der Waals surface area contributed by atoms with Crippen LogP contribution in [0.25, 0.3) is 0 Å². The van der Waals surface area contributed by atoms with Crippen molar-refractivity contribution in [3.05, 3.63) is 58.6 Å². The monoisotopic (exact) mass is 392 g/mol. The Kier molecular flexibility index (Phi) is 7.97. The van der Waals surface area contributed by atoms with Crippen molar-refractivity contribution in [3.63, 3.8) is 0 Å². The lowest BCUT2D eigenvalue weighted by molar-refractivity contribution is -0.118. The van der Waals surface area contributed by atoms with Crippen molar-refractivity contribution < 1.29 is 14.3 Å². The third kappa shape index (κ3) is 6.05. The normalized spacial score (nSPS) is 10.4. The molecule has 2 N–H and O–H groups in total. The summed E-state index contributed by atoms with van der Waals surface area (Å²) in [5.74, 6) is -0.151. The summed E-state index contributed by atoms with van der Waals surface area (Å²) in [6.45, 7) is 2.86. The average molecular weight is 393 g/mol. The van der Waals surface area contributed by atoms with Gasteiger partial charge in [-0.05, 0) is 36.8 Å². The van der Waals surface area contributed by atoms with Crippen LogP contribution in [-0.4, -0.2) is 37.8 Å². The van der Waals surface area contributed by atoms with Crippen LogP contribution in [0.15, 0.2) is 47.4 Å². The first-order chi connectivity index (χ1) is 12.5. The van der Waals surface area contributed by atoms with E-state index in [1.165, 1.54) is 11.8 Å². The third-order valence-corrected chi connectivity index (χ3v) is 4.88. The van der Waals surface area contributed by atoms with E-state index in [1.54, 1.807) is 31.4 Å². The summed E-state index contributed by atoms with van der Waals surface area (Å²) in [5, 5.41) is 6.06. The molecule has 2 amide bonds. The van der Waals surface area contributed by atoms with Crippen LogP contribution in [0, 0.1) is 6.92 Å². The fraction of sp³-hybridized carbons (Fsp3) is 0.263. The summed E-state index contributed by atoms with van der Waals surface area (Å²) in [6, 6.07) is 12.6. The maximum Gasteiger partial charge on any atom is 0.256 e. The minimum absolute atomic E-state index is 0.108. The fourth-order valence-corrected chi connectivity index (χ4v) is 3.34. The van der Waals surface area contributed by atoms with E-state index in [4.69, 9.17) is 16.3 Å². The Hall–Kier alpha value is -2.02. The van der Waals surface area contributed by atoms with Gasteiger partial charge in [0, 0.05) is 18.6 Å². The molecule has 0 saturated heterocycles. The molecule has 0 saturated carbocycles. The number of hydrogen-bond acceptors (Lipinski definition) is 4. The number of methoxy groups -OCH3 is 1. The maximum atomic E-state index is 12.6. The van der Waals surface area contributed by atoms with Crippen LogP contribution in [0.5, 0.6) is 0 Å². The quantitative estimate of drug-likeness (QED) is 0.530. The van der Waals surface area contributed by atoms with E-state index in [0.717, 1.165) is 10.5 Å². The van der Waals surface area contributed by atoms with Gasteiger partial charge in [-0.15, -0.1) is 11.8 Å². The predicted molar refractivity (Wildman–Crippen MR) is 106 cm³/mol. The molecular weight excluding hydrogens is 372 g/mol. The first-order valence-electron chi connectivity index (χ1n) is 8.06. The first kappa shape index (κ1) is 20.3. The van der Waals surface area contributed by atoms with Crippen molar-refractivity contribution >= 4 is 40.9 Å². The van der Waals surface area contributed by atoms with Gasteiger partial charge in [0.25, 0.3) is 5.91 Å². The number of carbonyl (C=O) groups excluding carboxylic acids is 2. The highest BCUT2D eigenvalue weighted by Crippen LogP contribution is 2.26. The molecule has 26 heavy (non-hydrogen) atoms. The number of benzene rings is 2. The van der Waals surface area contributed by atoms with Gasteiger partial charge in [0.05, 0.1) is 28.6 Å². The Morgan fingerprint density at radius 1 is 1.19 bits per heavy atom. The Morgan fingerprint density at radius 3 is 2.69 bits per heavy atom. The lowest BCUT2D eigenvalue weighted by atomic mass is 10.2. The number of aryl methyl sites for hydroxylation is 1. The van der Waals surface area contributed by atoms with E-state index in [0.29, 0.717) is 29.4 Å². The fourth-order valence-electron chi connectivity index (χ4n) is 2.18. The molecule has 2 aromatic carbocycles. The Balaban J connectivity index is 2.03. The summed E-state index contributed by atoms with van der Waals surface area (Å²) >= 11 is 7.49. The number of rotatable bonds is 8. The standard InChI is InChI=1S/C19H21ClN2O3S/c1-13-7-8-16(15(20)11-13)22-19(24)14-5-3-4-6-17(14)26-12-18(23)21-9-10-25-2/h3-8,11H,9-10,12H2,1-2H3,(H,21,23)(H,22,24). The number of ether oxygens (including phenoxy) is 1. The molecular formula is C19H21ClN2O3S. The van der Waals surface area contributed by atoms with Crippen LogP contribution in [-0.2, 0) is 9.53 Å². The number of carbonyl (C=O) groups is 2. The molecule has 5 nitrogen and oxygen atoms in total. The van der Waals surface area contributed by atoms with Gasteiger partial charge in [0.1, 0.15) is 0 Å². The maximum absolute atomic E-state index is 12.6. The molecule has 0 atom stereocenters. The zero-order chi connectivity index (χ0) is 18.9. The minimum Gasteiger partial charge on any atom is -0.383 e. The molecule has 0 aromatic heterocycles. The van der Waals surface area contributed by atoms with Crippen molar-refractivity contribution in [3.8, 4) is 0 Å². The van der Waals surface area contributed by atoms with Gasteiger partial charge in [0.15, 0.2) is 0 Å². The molecule has 0 heterocycles. The Bertz CT molecular complexity index is 783. The Labute approximate surface area is 162 Å². The molecule has 2 rings (SSSR count). The van der Waals surface area contributed by atoms with Crippen molar-refractivity contribution in [2.24, 2.45) is 0 Å². The smallest absolute Gasteiger partial charge is 0.256 e. The summed E-state index contributed by atoms with van der Waals surface area (Å²) in [7, 11) is 1.58. The van der Waals surface area contributed by atoms with E-state index in [2.05, 4.69) is 10.6 Å². The second-order valence-corrected chi connectivity index (χ2v) is 6.99. The van der Waals surface area contributed by atoms with E-state index >= 15 is 0 Å². The second kappa shape index (κ2) is 10.2. The molecule has 0 radical (unpaired) electrons. The summed E-state index contributed by atoms with van der Waals surface area (Å²) in [4.78, 5) is 25.2. The molecule has 0 fully saturated rings. The van der Waals surface area contributed by atoms with Gasteiger partial charge in [-0.25, -0.2) is 0 Å². The highest BCUT2D eigenvalue weighted by molar-refractivity contribution is 8.00. The van der Waals surface area contributed by atoms with E-state index in [1.807, 2.05) is 25.1 Å². The van der Waals surface area contributed by atoms with Crippen LogP contribution in [0.2, 0.25) is 5.02 Å². The topological polar surface area (TPSA) is 67.4 Å². The van der Waals surface area contributed by atoms with Gasteiger partial charge in [-0.2, -0.15) is 0 Å². The molecule has 0 aliphatic heterocycles. The molecule has 0 aliphatic rings. The van der Waals surface area contributed by atoms with Crippen LogP contribution in [0.3, 0.4) is 0 Å². The first-order valence-corrected chi connectivity index (χ1v) is 9.42. The largest absolute Gasteiger partial charge is 0.383 e. The lowest BCUT2D eigenvalue weighted by Gasteiger charge is -2.11. The van der Waals surface area contributed by atoms with E-state index in [9.17, 15) is 9.59 Å². The zero-order valence-electron chi connectivity index (χ0n) is 14.7. The van der Waals surface area contributed by atoms with Crippen molar-refractivity contribution in [1.82, 2.24) is 5.32 Å². The molecule has 0 spiro atoms. The van der Waals surface area contributed by atoms with Gasteiger partial charge in [0.2, 0.25) is 5.91 Å². The number of hydrogen-bond donors (Lipinski definition) is 2.